The number of benzene rings is 1. The summed E-state index contributed by atoms with van der Waals surface area (Å²) in [5.41, 5.74) is 1.95. The van der Waals surface area contributed by atoms with Crippen molar-refractivity contribution in [3.63, 3.8) is 0 Å². The third kappa shape index (κ3) is 0.827. The Morgan fingerprint density at radius 3 is 1.83 bits per heavy atom. The Bertz CT molecular complexity index is 447. The first kappa shape index (κ1) is 6.65. The number of hydrogen-bond acceptors (Lipinski definition) is 2. The lowest BCUT2D eigenvalue weighted by atomic mass is 10.3. The van der Waals surface area contributed by atoms with E-state index in [1.165, 1.54) is 10.2 Å². The van der Waals surface area contributed by atoms with Crippen LogP contribution in [-0.2, 0) is 0 Å². The summed E-state index contributed by atoms with van der Waals surface area (Å²) < 4.78 is 10.6. The quantitative estimate of drug-likeness (QED) is 0.532. The second kappa shape index (κ2) is 2.32. The van der Waals surface area contributed by atoms with E-state index in [9.17, 15) is 0 Å². The summed E-state index contributed by atoms with van der Waals surface area (Å²) in [4.78, 5) is 0. The minimum absolute atomic E-state index is 0.974. The zero-order valence-electron chi connectivity index (χ0n) is 6.02. The predicted molar refractivity (Wildman–Crippen MR) is 51.0 cm³/mol. The van der Waals surface area contributed by atoms with E-state index in [2.05, 4.69) is 0 Å². The van der Waals surface area contributed by atoms with E-state index in [1.807, 2.05) is 12.1 Å². The SMILES string of the molecule is c1oc2cc3pcoc3cc2p1. The Labute approximate surface area is 71.4 Å². The van der Waals surface area contributed by atoms with Crippen LogP contribution in [0.15, 0.2) is 33.0 Å². The minimum atomic E-state index is 0.974. The Hall–Kier alpha value is -0.840. The molecule has 3 aromatic rings. The first-order chi connectivity index (χ1) is 5.93. The fraction of sp³-hybridized carbons (Fsp3) is 0. The smallest absolute Gasteiger partial charge is 0.140 e. The molecular weight excluding hydrogens is 190 g/mol. The molecule has 0 aliphatic rings. The molecule has 0 atom stereocenters. The van der Waals surface area contributed by atoms with Crippen LogP contribution in [0, 0.1) is 0 Å². The summed E-state index contributed by atoms with van der Waals surface area (Å²) in [7, 11) is 2.25. The van der Waals surface area contributed by atoms with Crippen LogP contribution in [0.3, 0.4) is 0 Å². The molecule has 0 fully saturated rings. The van der Waals surface area contributed by atoms with Gasteiger partial charge in [0.1, 0.15) is 23.2 Å². The van der Waals surface area contributed by atoms with Gasteiger partial charge in [0.25, 0.3) is 0 Å². The van der Waals surface area contributed by atoms with Gasteiger partial charge in [-0.05, 0) is 28.5 Å². The fourth-order valence-electron chi connectivity index (χ4n) is 1.21. The summed E-state index contributed by atoms with van der Waals surface area (Å²) in [6.07, 6.45) is 0. The van der Waals surface area contributed by atoms with E-state index >= 15 is 0 Å². The van der Waals surface area contributed by atoms with Crippen LogP contribution in [0.4, 0.5) is 0 Å². The van der Waals surface area contributed by atoms with Crippen molar-refractivity contribution in [3.8, 4) is 0 Å². The molecule has 0 bridgehead atoms. The molecule has 2 heterocycles. The van der Waals surface area contributed by atoms with Gasteiger partial charge in [0.05, 0.1) is 10.2 Å². The monoisotopic (exact) mass is 194 g/mol. The van der Waals surface area contributed by atoms with E-state index < -0.39 is 0 Å². The zero-order valence-corrected chi connectivity index (χ0v) is 7.81. The van der Waals surface area contributed by atoms with Crippen LogP contribution in [0.5, 0.6) is 0 Å². The van der Waals surface area contributed by atoms with Gasteiger partial charge < -0.3 is 8.83 Å². The largest absolute Gasteiger partial charge is 0.459 e. The molecule has 12 heavy (non-hydrogen) atoms. The molecule has 0 amide bonds. The van der Waals surface area contributed by atoms with Gasteiger partial charge in [-0.1, -0.05) is 0 Å². The first-order valence-corrected chi connectivity index (χ1v) is 5.43. The molecular formula is C8H4O2P2. The minimum Gasteiger partial charge on any atom is -0.459 e. The lowest BCUT2D eigenvalue weighted by Crippen LogP contribution is -1.61. The molecule has 0 N–H and O–H groups in total. The number of hydrogen-bond donors (Lipinski definition) is 0. The molecule has 0 saturated carbocycles. The van der Waals surface area contributed by atoms with Crippen LogP contribution in [0.25, 0.3) is 21.4 Å². The second-order valence-electron chi connectivity index (χ2n) is 2.49. The molecule has 0 aliphatic carbocycles. The molecule has 1 aromatic carbocycles. The third-order valence-corrected chi connectivity index (χ3v) is 3.46. The van der Waals surface area contributed by atoms with Gasteiger partial charge in [-0.2, -0.15) is 0 Å². The van der Waals surface area contributed by atoms with Crippen LogP contribution in [-0.4, -0.2) is 0 Å². The Morgan fingerprint density at radius 1 is 0.833 bits per heavy atom. The highest BCUT2D eigenvalue weighted by atomic mass is 31.0. The average Bonchev–Trinajstić information content (AvgIpc) is 2.64. The van der Waals surface area contributed by atoms with E-state index in [4.69, 9.17) is 8.83 Å². The van der Waals surface area contributed by atoms with Crippen LogP contribution >= 0.6 is 16.4 Å². The molecule has 0 radical (unpaired) electrons. The number of rotatable bonds is 0. The Kier molecular flexibility index (Phi) is 1.29. The molecule has 58 valence electrons. The summed E-state index contributed by atoms with van der Waals surface area (Å²) in [5, 5.41) is 2.39. The van der Waals surface area contributed by atoms with Crippen LogP contribution in [0.2, 0.25) is 0 Å². The van der Waals surface area contributed by atoms with Gasteiger partial charge >= 0.3 is 0 Å². The summed E-state index contributed by atoms with van der Waals surface area (Å²) >= 11 is 0. The maximum absolute atomic E-state index is 5.31. The highest BCUT2D eigenvalue weighted by molar-refractivity contribution is 7.37. The van der Waals surface area contributed by atoms with Gasteiger partial charge in [-0.25, -0.2) is 0 Å². The zero-order chi connectivity index (χ0) is 7.97. The highest BCUT2D eigenvalue weighted by Gasteiger charge is 2.02. The van der Waals surface area contributed by atoms with E-state index in [1.54, 1.807) is 12.0 Å². The van der Waals surface area contributed by atoms with Crippen molar-refractivity contribution in [1.82, 2.24) is 0 Å². The Morgan fingerprint density at radius 2 is 1.33 bits per heavy atom. The topological polar surface area (TPSA) is 26.3 Å². The van der Waals surface area contributed by atoms with E-state index in [0.29, 0.717) is 0 Å². The van der Waals surface area contributed by atoms with Gasteiger partial charge in [0.15, 0.2) is 0 Å². The van der Waals surface area contributed by atoms with Gasteiger partial charge in [0, 0.05) is 0 Å². The molecule has 2 nitrogen and oxygen atoms in total. The molecule has 0 aliphatic heterocycles. The van der Waals surface area contributed by atoms with Crippen molar-refractivity contribution in [2.45, 2.75) is 0 Å². The maximum Gasteiger partial charge on any atom is 0.140 e. The van der Waals surface area contributed by atoms with Crippen LogP contribution in [0.1, 0.15) is 0 Å². The van der Waals surface area contributed by atoms with Crippen molar-refractivity contribution >= 4 is 37.8 Å². The normalized spacial score (nSPS) is 12.7. The lowest BCUT2D eigenvalue weighted by Gasteiger charge is -1.86. The lowest BCUT2D eigenvalue weighted by molar-refractivity contribution is 0.619. The van der Waals surface area contributed by atoms with E-state index in [-0.39, 0.29) is 0 Å². The average molecular weight is 194 g/mol. The number of fused-ring (bicyclic) bond motifs is 2. The predicted octanol–water partition coefficient (Wildman–Crippen LogP) is 4.34. The third-order valence-electron chi connectivity index (χ3n) is 1.78. The molecule has 0 spiro atoms. The van der Waals surface area contributed by atoms with Crippen molar-refractivity contribution in [1.29, 1.82) is 0 Å². The molecule has 3 rings (SSSR count). The van der Waals surface area contributed by atoms with Crippen molar-refractivity contribution in [2.75, 3.05) is 0 Å². The first-order valence-electron chi connectivity index (χ1n) is 3.50. The van der Waals surface area contributed by atoms with E-state index in [0.717, 1.165) is 27.6 Å². The standard InChI is InChI=1S/C8H4O2P2/c1-5-8(12-3-9-5)2-6-7(1)11-4-10-6/h1-4H. The van der Waals surface area contributed by atoms with Crippen molar-refractivity contribution < 1.29 is 8.83 Å². The maximum atomic E-state index is 5.31. The van der Waals surface area contributed by atoms with Crippen molar-refractivity contribution in [3.05, 3.63) is 24.1 Å². The molecule has 2 aromatic heterocycles. The van der Waals surface area contributed by atoms with Gasteiger partial charge in [-0.15, -0.1) is 0 Å². The second-order valence-corrected chi connectivity index (χ2v) is 4.39. The molecule has 0 unspecified atom stereocenters. The highest BCUT2D eigenvalue weighted by Crippen LogP contribution is 2.33. The summed E-state index contributed by atoms with van der Waals surface area (Å²) in [6, 6.07) is 4.10. The van der Waals surface area contributed by atoms with Crippen LogP contribution < -0.4 is 0 Å². The van der Waals surface area contributed by atoms with Crippen molar-refractivity contribution in [2.24, 2.45) is 0 Å². The fourth-order valence-corrected chi connectivity index (χ4v) is 2.64. The molecule has 4 heteroatoms. The van der Waals surface area contributed by atoms with Gasteiger partial charge in [-0.3, -0.25) is 0 Å². The van der Waals surface area contributed by atoms with Gasteiger partial charge in [0.2, 0.25) is 0 Å². The summed E-state index contributed by atoms with van der Waals surface area (Å²) in [5.74, 6) is 3.58. The summed E-state index contributed by atoms with van der Waals surface area (Å²) in [6.45, 7) is 0. The Balaban J connectivity index is 2.62. The molecule has 0 saturated heterocycles.